The van der Waals surface area contributed by atoms with Gasteiger partial charge in [0.2, 0.25) is 0 Å². The fourth-order valence-electron chi connectivity index (χ4n) is 2.00. The van der Waals surface area contributed by atoms with Crippen LogP contribution in [0.2, 0.25) is 5.02 Å². The SMILES string of the molecule is Nc1ccc(CCNCCc2ccc(F)cc2)c(Cl)c1. The van der Waals surface area contributed by atoms with Crippen LogP contribution in [0, 0.1) is 5.82 Å². The highest BCUT2D eigenvalue weighted by molar-refractivity contribution is 6.31. The van der Waals surface area contributed by atoms with Crippen molar-refractivity contribution in [2.24, 2.45) is 0 Å². The molecule has 4 heteroatoms. The van der Waals surface area contributed by atoms with E-state index in [2.05, 4.69) is 5.32 Å². The van der Waals surface area contributed by atoms with E-state index in [9.17, 15) is 4.39 Å². The zero-order valence-electron chi connectivity index (χ0n) is 11.2. The molecule has 0 atom stereocenters. The van der Waals surface area contributed by atoms with Gasteiger partial charge in [-0.25, -0.2) is 4.39 Å². The average molecular weight is 293 g/mol. The van der Waals surface area contributed by atoms with Crippen LogP contribution in [0.15, 0.2) is 42.5 Å². The molecule has 0 fully saturated rings. The third-order valence-corrected chi connectivity index (χ3v) is 3.50. The molecule has 0 saturated heterocycles. The number of hydrogen-bond acceptors (Lipinski definition) is 2. The highest BCUT2D eigenvalue weighted by atomic mass is 35.5. The summed E-state index contributed by atoms with van der Waals surface area (Å²) in [5, 5.41) is 4.07. The maximum Gasteiger partial charge on any atom is 0.123 e. The van der Waals surface area contributed by atoms with Gasteiger partial charge in [0.05, 0.1) is 0 Å². The van der Waals surface area contributed by atoms with Crippen LogP contribution in [-0.2, 0) is 12.8 Å². The van der Waals surface area contributed by atoms with Gasteiger partial charge >= 0.3 is 0 Å². The Morgan fingerprint density at radius 2 is 1.70 bits per heavy atom. The summed E-state index contributed by atoms with van der Waals surface area (Å²) in [5.74, 6) is -0.195. The molecule has 0 aliphatic heterocycles. The summed E-state index contributed by atoms with van der Waals surface area (Å²) in [4.78, 5) is 0. The molecule has 0 aromatic heterocycles. The van der Waals surface area contributed by atoms with Crippen molar-refractivity contribution in [1.82, 2.24) is 5.32 Å². The molecule has 2 aromatic rings. The van der Waals surface area contributed by atoms with E-state index in [1.807, 2.05) is 24.3 Å². The Bertz CT molecular complexity index is 555. The number of benzene rings is 2. The number of anilines is 1. The van der Waals surface area contributed by atoms with Gasteiger partial charge in [0.25, 0.3) is 0 Å². The molecule has 0 heterocycles. The Labute approximate surface area is 123 Å². The van der Waals surface area contributed by atoms with Crippen molar-refractivity contribution in [2.45, 2.75) is 12.8 Å². The van der Waals surface area contributed by atoms with Gasteiger partial charge in [-0.2, -0.15) is 0 Å². The molecular formula is C16H18ClFN2. The minimum atomic E-state index is -0.195. The standard InChI is InChI=1S/C16H18ClFN2/c17-16-11-15(19)6-3-13(16)8-10-20-9-7-12-1-4-14(18)5-2-12/h1-6,11,20H,7-10,19H2. The van der Waals surface area contributed by atoms with E-state index in [1.54, 1.807) is 6.07 Å². The molecule has 0 amide bonds. The fourth-order valence-corrected chi connectivity index (χ4v) is 2.28. The molecule has 0 aliphatic carbocycles. The predicted octanol–water partition coefficient (Wildman–Crippen LogP) is 3.44. The van der Waals surface area contributed by atoms with E-state index in [-0.39, 0.29) is 5.82 Å². The quantitative estimate of drug-likeness (QED) is 0.632. The molecule has 0 bridgehead atoms. The number of halogens is 2. The summed E-state index contributed by atoms with van der Waals surface area (Å²) < 4.78 is 12.7. The second-order valence-electron chi connectivity index (χ2n) is 4.73. The monoisotopic (exact) mass is 292 g/mol. The van der Waals surface area contributed by atoms with Crippen molar-refractivity contribution in [3.63, 3.8) is 0 Å². The molecule has 106 valence electrons. The van der Waals surface area contributed by atoms with Crippen LogP contribution in [-0.4, -0.2) is 13.1 Å². The highest BCUT2D eigenvalue weighted by Gasteiger charge is 2.00. The smallest absolute Gasteiger partial charge is 0.123 e. The molecule has 2 rings (SSSR count). The summed E-state index contributed by atoms with van der Waals surface area (Å²) in [6, 6.07) is 12.2. The molecule has 2 aromatic carbocycles. The summed E-state index contributed by atoms with van der Waals surface area (Å²) in [5.41, 5.74) is 8.56. The van der Waals surface area contributed by atoms with Gasteiger partial charge in [0, 0.05) is 10.7 Å². The maximum atomic E-state index is 12.7. The first-order valence-electron chi connectivity index (χ1n) is 6.64. The number of nitrogens with one attached hydrogen (secondary N) is 1. The van der Waals surface area contributed by atoms with Crippen LogP contribution in [0.1, 0.15) is 11.1 Å². The second-order valence-corrected chi connectivity index (χ2v) is 5.13. The maximum absolute atomic E-state index is 12.7. The highest BCUT2D eigenvalue weighted by Crippen LogP contribution is 2.19. The zero-order chi connectivity index (χ0) is 14.4. The van der Waals surface area contributed by atoms with Gasteiger partial charge in [0.1, 0.15) is 5.82 Å². The van der Waals surface area contributed by atoms with E-state index in [4.69, 9.17) is 17.3 Å². The van der Waals surface area contributed by atoms with Crippen LogP contribution >= 0.6 is 11.6 Å². The lowest BCUT2D eigenvalue weighted by Gasteiger charge is -2.07. The van der Waals surface area contributed by atoms with Gasteiger partial charge in [-0.1, -0.05) is 29.8 Å². The fraction of sp³-hybridized carbons (Fsp3) is 0.250. The summed E-state index contributed by atoms with van der Waals surface area (Å²) >= 11 is 6.11. The van der Waals surface area contributed by atoms with Gasteiger partial charge in [0.15, 0.2) is 0 Å². The van der Waals surface area contributed by atoms with Crippen LogP contribution < -0.4 is 11.1 Å². The summed E-state index contributed by atoms with van der Waals surface area (Å²) in [7, 11) is 0. The molecule has 3 N–H and O–H groups in total. The Morgan fingerprint density at radius 1 is 1.00 bits per heavy atom. The summed E-state index contributed by atoms with van der Waals surface area (Å²) in [6.07, 6.45) is 1.75. The first-order chi connectivity index (χ1) is 9.65. The normalized spacial score (nSPS) is 10.7. The minimum absolute atomic E-state index is 0.195. The van der Waals surface area contributed by atoms with E-state index in [0.29, 0.717) is 10.7 Å². The van der Waals surface area contributed by atoms with Crippen molar-refractivity contribution in [3.8, 4) is 0 Å². The molecular weight excluding hydrogens is 275 g/mol. The number of nitrogens with two attached hydrogens (primary N) is 1. The number of hydrogen-bond donors (Lipinski definition) is 2. The van der Waals surface area contributed by atoms with Gasteiger partial charge in [-0.15, -0.1) is 0 Å². The van der Waals surface area contributed by atoms with Crippen molar-refractivity contribution >= 4 is 17.3 Å². The largest absolute Gasteiger partial charge is 0.399 e. The van der Waals surface area contributed by atoms with Gasteiger partial charge in [-0.05, 0) is 61.3 Å². The second kappa shape index (κ2) is 7.27. The van der Waals surface area contributed by atoms with Crippen molar-refractivity contribution in [1.29, 1.82) is 0 Å². The predicted molar refractivity (Wildman–Crippen MR) is 82.5 cm³/mol. The molecule has 0 saturated carbocycles. The average Bonchev–Trinajstić information content (AvgIpc) is 2.42. The van der Waals surface area contributed by atoms with Crippen LogP contribution in [0.4, 0.5) is 10.1 Å². The van der Waals surface area contributed by atoms with Crippen LogP contribution in [0.25, 0.3) is 0 Å². The Morgan fingerprint density at radius 3 is 2.40 bits per heavy atom. The van der Waals surface area contributed by atoms with Crippen molar-refractivity contribution in [3.05, 3.63) is 64.4 Å². The van der Waals surface area contributed by atoms with Crippen molar-refractivity contribution in [2.75, 3.05) is 18.8 Å². The molecule has 0 radical (unpaired) electrons. The van der Waals surface area contributed by atoms with E-state index >= 15 is 0 Å². The Hall–Kier alpha value is -1.58. The van der Waals surface area contributed by atoms with Crippen molar-refractivity contribution < 1.29 is 4.39 Å². The van der Waals surface area contributed by atoms with Crippen LogP contribution in [0.5, 0.6) is 0 Å². The van der Waals surface area contributed by atoms with E-state index in [1.165, 1.54) is 12.1 Å². The van der Waals surface area contributed by atoms with E-state index < -0.39 is 0 Å². The van der Waals surface area contributed by atoms with Gasteiger partial charge in [-0.3, -0.25) is 0 Å². The van der Waals surface area contributed by atoms with E-state index in [0.717, 1.165) is 37.1 Å². The molecule has 20 heavy (non-hydrogen) atoms. The minimum Gasteiger partial charge on any atom is -0.399 e. The molecule has 0 unspecified atom stereocenters. The molecule has 0 aliphatic rings. The first kappa shape index (κ1) is 14.8. The lowest BCUT2D eigenvalue weighted by molar-refractivity contribution is 0.626. The van der Waals surface area contributed by atoms with Gasteiger partial charge < -0.3 is 11.1 Å². The third-order valence-electron chi connectivity index (χ3n) is 3.15. The topological polar surface area (TPSA) is 38.0 Å². The Balaban J connectivity index is 1.70. The van der Waals surface area contributed by atoms with Crippen LogP contribution in [0.3, 0.4) is 0 Å². The molecule has 2 nitrogen and oxygen atoms in total. The zero-order valence-corrected chi connectivity index (χ0v) is 12.0. The molecule has 0 spiro atoms. The number of nitrogen functional groups attached to an aromatic ring is 1. The lowest BCUT2D eigenvalue weighted by atomic mass is 10.1. The third kappa shape index (κ3) is 4.51. The Kier molecular flexibility index (Phi) is 5.39. The lowest BCUT2D eigenvalue weighted by Crippen LogP contribution is -2.20. The summed E-state index contributed by atoms with van der Waals surface area (Å²) in [6.45, 7) is 1.71. The first-order valence-corrected chi connectivity index (χ1v) is 7.02. The number of rotatable bonds is 6.